The van der Waals surface area contributed by atoms with Crippen LogP contribution in [0.5, 0.6) is 0 Å². The topological polar surface area (TPSA) is 91.3 Å². The summed E-state index contributed by atoms with van der Waals surface area (Å²) in [6.07, 6.45) is 3.94. The predicted molar refractivity (Wildman–Crippen MR) is 70.7 cm³/mol. The third kappa shape index (κ3) is 5.44. The zero-order valence-electron chi connectivity index (χ0n) is 10.4. The number of carboxylic acids is 1. The van der Waals surface area contributed by atoms with Crippen molar-refractivity contribution in [3.63, 3.8) is 0 Å². The maximum absolute atomic E-state index is 11.5. The molecule has 0 fully saturated rings. The molecule has 6 nitrogen and oxygen atoms in total. The minimum Gasteiger partial charge on any atom is -0.478 e. The van der Waals surface area contributed by atoms with Gasteiger partial charge in [-0.3, -0.25) is 5.32 Å². The lowest BCUT2D eigenvalue weighted by atomic mass is 10.1. The molecule has 0 saturated carbocycles. The first kappa shape index (κ1) is 14.2. The third-order valence-electron chi connectivity index (χ3n) is 1.62. The van der Waals surface area contributed by atoms with Crippen LogP contribution in [0.4, 0.5) is 9.93 Å². The Morgan fingerprint density at radius 2 is 2.11 bits per heavy atom. The Balaban J connectivity index is 2.59. The average Bonchev–Trinajstić information content (AvgIpc) is 2.59. The molecule has 0 aliphatic rings. The number of hydrogen-bond donors (Lipinski definition) is 3. The second kappa shape index (κ2) is 5.63. The van der Waals surface area contributed by atoms with E-state index in [4.69, 9.17) is 5.11 Å². The highest BCUT2D eigenvalue weighted by molar-refractivity contribution is 7.16. The van der Waals surface area contributed by atoms with Gasteiger partial charge in [0.25, 0.3) is 0 Å². The summed E-state index contributed by atoms with van der Waals surface area (Å²) < 4.78 is 0. The van der Waals surface area contributed by atoms with Crippen LogP contribution in [-0.4, -0.2) is 27.6 Å². The molecule has 7 heteroatoms. The van der Waals surface area contributed by atoms with E-state index in [1.54, 1.807) is 0 Å². The number of urea groups is 1. The summed E-state index contributed by atoms with van der Waals surface area (Å²) in [5.41, 5.74) is -0.326. The van der Waals surface area contributed by atoms with Crippen molar-refractivity contribution < 1.29 is 14.7 Å². The predicted octanol–water partition coefficient (Wildman–Crippen LogP) is 2.16. The average molecular weight is 269 g/mol. The molecule has 98 valence electrons. The minimum absolute atomic E-state index is 0.326. The lowest BCUT2D eigenvalue weighted by Crippen LogP contribution is -2.43. The highest BCUT2D eigenvalue weighted by Crippen LogP contribution is 2.19. The Morgan fingerprint density at radius 1 is 1.44 bits per heavy atom. The molecule has 0 spiro atoms. The highest BCUT2D eigenvalue weighted by atomic mass is 32.1. The normalized spacial score (nSPS) is 11.5. The molecule has 0 aromatic carbocycles. The molecule has 0 bridgehead atoms. The van der Waals surface area contributed by atoms with Gasteiger partial charge in [0.15, 0.2) is 5.13 Å². The lowest BCUT2D eigenvalue weighted by Gasteiger charge is -2.19. The summed E-state index contributed by atoms with van der Waals surface area (Å²) in [5.74, 6) is -1.02. The first-order chi connectivity index (χ1) is 8.26. The van der Waals surface area contributed by atoms with Crippen LogP contribution in [0.3, 0.4) is 0 Å². The fourth-order valence-corrected chi connectivity index (χ4v) is 1.76. The van der Waals surface area contributed by atoms with Gasteiger partial charge in [0.05, 0.1) is 0 Å². The molecule has 3 N–H and O–H groups in total. The summed E-state index contributed by atoms with van der Waals surface area (Å²) in [5, 5.41) is 14.2. The van der Waals surface area contributed by atoms with Gasteiger partial charge >= 0.3 is 12.0 Å². The zero-order chi connectivity index (χ0) is 13.8. The Kier molecular flexibility index (Phi) is 4.43. The maximum Gasteiger partial charge on any atom is 0.328 e. The molecule has 0 aliphatic carbocycles. The molecule has 0 saturated heterocycles. The Hall–Kier alpha value is -1.89. The van der Waals surface area contributed by atoms with Crippen LogP contribution < -0.4 is 10.6 Å². The fourth-order valence-electron chi connectivity index (χ4n) is 1.04. The van der Waals surface area contributed by atoms with Gasteiger partial charge < -0.3 is 10.4 Å². The number of nitrogens with zero attached hydrogens (tertiary/aromatic N) is 1. The van der Waals surface area contributed by atoms with Gasteiger partial charge in [-0.05, 0) is 26.8 Å². The first-order valence-electron chi connectivity index (χ1n) is 5.22. The summed E-state index contributed by atoms with van der Waals surface area (Å²) in [7, 11) is 0. The third-order valence-corrected chi connectivity index (χ3v) is 2.50. The fraction of sp³-hybridized carbons (Fsp3) is 0.364. The number of carbonyl (C=O) groups excluding carboxylic acids is 1. The molecular weight excluding hydrogens is 254 g/mol. The number of anilines is 1. The Bertz CT molecular complexity index is 474. The molecule has 1 heterocycles. The minimum atomic E-state index is -1.02. The van der Waals surface area contributed by atoms with Crippen molar-refractivity contribution in [3.8, 4) is 0 Å². The van der Waals surface area contributed by atoms with Crippen LogP contribution >= 0.6 is 11.3 Å². The van der Waals surface area contributed by atoms with E-state index >= 15 is 0 Å². The van der Waals surface area contributed by atoms with Crippen molar-refractivity contribution >= 4 is 34.5 Å². The highest BCUT2D eigenvalue weighted by Gasteiger charge is 2.14. The van der Waals surface area contributed by atoms with E-state index in [0.717, 1.165) is 6.08 Å². The first-order valence-corrected chi connectivity index (χ1v) is 6.04. The van der Waals surface area contributed by atoms with Crippen molar-refractivity contribution in [3.05, 3.63) is 17.2 Å². The van der Waals surface area contributed by atoms with Crippen LogP contribution in [0.2, 0.25) is 0 Å². The van der Waals surface area contributed by atoms with Crippen LogP contribution in [0.1, 0.15) is 25.6 Å². The van der Waals surface area contributed by atoms with Crippen LogP contribution in [0.25, 0.3) is 6.08 Å². The number of rotatable bonds is 3. The van der Waals surface area contributed by atoms with Crippen LogP contribution in [0, 0.1) is 0 Å². The number of amides is 2. The van der Waals surface area contributed by atoms with Crippen molar-refractivity contribution in [2.24, 2.45) is 0 Å². The Labute approximate surface area is 109 Å². The van der Waals surface area contributed by atoms with Gasteiger partial charge in [-0.1, -0.05) is 11.3 Å². The summed E-state index contributed by atoms with van der Waals surface area (Å²) in [4.78, 5) is 26.5. The molecule has 2 amide bonds. The molecular formula is C11H15N3O3S. The van der Waals surface area contributed by atoms with Gasteiger partial charge in [0, 0.05) is 22.7 Å². The second-order valence-corrected chi connectivity index (χ2v) is 5.63. The number of thiazole rings is 1. The van der Waals surface area contributed by atoms with Crippen molar-refractivity contribution in [1.29, 1.82) is 0 Å². The number of nitrogens with one attached hydrogen (secondary N) is 2. The maximum atomic E-state index is 11.5. The van der Waals surface area contributed by atoms with E-state index < -0.39 is 5.97 Å². The number of carboxylic acid groups (broad SMARTS) is 1. The summed E-state index contributed by atoms with van der Waals surface area (Å²) in [6, 6.07) is -0.342. The zero-order valence-corrected chi connectivity index (χ0v) is 11.2. The van der Waals surface area contributed by atoms with E-state index in [0.29, 0.717) is 10.0 Å². The second-order valence-electron chi connectivity index (χ2n) is 4.57. The summed E-state index contributed by atoms with van der Waals surface area (Å²) in [6.45, 7) is 5.61. The summed E-state index contributed by atoms with van der Waals surface area (Å²) >= 11 is 1.20. The van der Waals surface area contributed by atoms with Gasteiger partial charge in [-0.15, -0.1) is 0 Å². The quantitative estimate of drug-likeness (QED) is 0.733. The van der Waals surface area contributed by atoms with Crippen molar-refractivity contribution in [2.75, 3.05) is 5.32 Å². The molecule has 0 atom stereocenters. The molecule has 0 unspecified atom stereocenters. The number of hydrogen-bond acceptors (Lipinski definition) is 4. The van der Waals surface area contributed by atoms with E-state index in [2.05, 4.69) is 15.6 Å². The van der Waals surface area contributed by atoms with Crippen molar-refractivity contribution in [1.82, 2.24) is 10.3 Å². The monoisotopic (exact) mass is 269 g/mol. The number of carbonyl (C=O) groups is 2. The lowest BCUT2D eigenvalue weighted by molar-refractivity contribution is -0.131. The van der Waals surface area contributed by atoms with Gasteiger partial charge in [0.2, 0.25) is 0 Å². The van der Waals surface area contributed by atoms with E-state index in [-0.39, 0.29) is 11.6 Å². The Morgan fingerprint density at radius 3 is 2.67 bits per heavy atom. The smallest absolute Gasteiger partial charge is 0.328 e. The molecule has 1 rings (SSSR count). The number of aliphatic carboxylic acids is 1. The number of aromatic nitrogens is 1. The van der Waals surface area contributed by atoms with Gasteiger partial charge in [-0.2, -0.15) is 0 Å². The van der Waals surface area contributed by atoms with Crippen LogP contribution in [0.15, 0.2) is 12.3 Å². The molecule has 1 aromatic heterocycles. The van der Waals surface area contributed by atoms with Gasteiger partial charge in [0.1, 0.15) is 0 Å². The van der Waals surface area contributed by atoms with Gasteiger partial charge in [-0.25, -0.2) is 14.6 Å². The molecule has 18 heavy (non-hydrogen) atoms. The van der Waals surface area contributed by atoms with E-state index in [1.807, 2.05) is 20.8 Å². The SMILES string of the molecule is CC(C)(C)NC(=O)Nc1ncc(/C=C/C(=O)O)s1. The molecule has 0 radical (unpaired) electrons. The standard InChI is InChI=1S/C11H15N3O3S/c1-11(2,3)14-9(17)13-10-12-6-7(18-10)4-5-8(15)16/h4-6H,1-3H3,(H,15,16)(H2,12,13,14,17)/b5-4+. The van der Waals surface area contributed by atoms with Crippen LogP contribution in [-0.2, 0) is 4.79 Å². The molecule has 0 aliphatic heterocycles. The largest absolute Gasteiger partial charge is 0.478 e. The van der Waals surface area contributed by atoms with E-state index in [9.17, 15) is 9.59 Å². The van der Waals surface area contributed by atoms with E-state index in [1.165, 1.54) is 23.6 Å². The van der Waals surface area contributed by atoms with Crippen molar-refractivity contribution in [2.45, 2.75) is 26.3 Å². The molecule has 1 aromatic rings.